The van der Waals surface area contributed by atoms with Crippen LogP contribution in [0.1, 0.15) is 32.0 Å². The Bertz CT molecular complexity index is 397. The first-order chi connectivity index (χ1) is 8.70. The van der Waals surface area contributed by atoms with Gasteiger partial charge in [-0.05, 0) is 19.4 Å². The Kier molecular flexibility index (Phi) is 4.49. The molecule has 0 saturated carbocycles. The van der Waals surface area contributed by atoms with Crippen molar-refractivity contribution < 1.29 is 9.53 Å². The maximum Gasteiger partial charge on any atom is 0.168 e. The fourth-order valence-electron chi connectivity index (χ4n) is 1.97. The molecule has 0 radical (unpaired) electrons. The Morgan fingerprint density at radius 1 is 1.72 bits per heavy atom. The summed E-state index contributed by atoms with van der Waals surface area (Å²) >= 11 is 0. The standard InChI is InChI=1S/C13H21N3O2/c1-3-10(2)16-6-4-11(15-16)8-12(17)13-9-14-5-7-18-13/h4,6,10,13-14H,3,5,7-9H2,1-2H3. The zero-order chi connectivity index (χ0) is 13.0. The highest BCUT2D eigenvalue weighted by molar-refractivity contribution is 5.85. The van der Waals surface area contributed by atoms with Crippen molar-refractivity contribution in [2.45, 2.75) is 38.8 Å². The minimum absolute atomic E-state index is 0.108. The maximum absolute atomic E-state index is 12.0. The van der Waals surface area contributed by atoms with E-state index in [1.807, 2.05) is 16.9 Å². The molecule has 5 nitrogen and oxygen atoms in total. The molecule has 0 aromatic carbocycles. The van der Waals surface area contributed by atoms with Crippen LogP contribution in [-0.4, -0.2) is 41.4 Å². The van der Waals surface area contributed by atoms with Crippen molar-refractivity contribution in [3.05, 3.63) is 18.0 Å². The first kappa shape index (κ1) is 13.2. The molecule has 1 fully saturated rings. The van der Waals surface area contributed by atoms with Crippen LogP contribution in [-0.2, 0) is 16.0 Å². The zero-order valence-corrected chi connectivity index (χ0v) is 11.1. The van der Waals surface area contributed by atoms with Crippen molar-refractivity contribution in [1.82, 2.24) is 15.1 Å². The van der Waals surface area contributed by atoms with Crippen LogP contribution in [0.4, 0.5) is 0 Å². The number of hydrogen-bond donors (Lipinski definition) is 1. The molecule has 2 rings (SSSR count). The van der Waals surface area contributed by atoms with Gasteiger partial charge in [0.25, 0.3) is 0 Å². The third kappa shape index (κ3) is 3.17. The number of carbonyl (C=O) groups is 1. The van der Waals surface area contributed by atoms with E-state index in [0.717, 1.165) is 18.7 Å². The molecular formula is C13H21N3O2. The molecule has 1 aromatic rings. The lowest BCUT2D eigenvalue weighted by Crippen LogP contribution is -2.43. The number of nitrogens with zero attached hydrogens (tertiary/aromatic N) is 2. The van der Waals surface area contributed by atoms with E-state index >= 15 is 0 Å². The summed E-state index contributed by atoms with van der Waals surface area (Å²) in [6, 6.07) is 2.29. The lowest BCUT2D eigenvalue weighted by atomic mass is 10.1. The fourth-order valence-corrected chi connectivity index (χ4v) is 1.97. The topological polar surface area (TPSA) is 56.2 Å². The molecule has 0 bridgehead atoms. The van der Waals surface area contributed by atoms with Gasteiger partial charge in [-0.15, -0.1) is 0 Å². The lowest BCUT2D eigenvalue weighted by Gasteiger charge is -2.22. The molecule has 18 heavy (non-hydrogen) atoms. The van der Waals surface area contributed by atoms with Gasteiger partial charge in [-0.1, -0.05) is 6.92 Å². The quantitative estimate of drug-likeness (QED) is 0.846. The van der Waals surface area contributed by atoms with Gasteiger partial charge >= 0.3 is 0 Å². The Morgan fingerprint density at radius 3 is 3.22 bits per heavy atom. The first-order valence-electron chi connectivity index (χ1n) is 6.59. The second kappa shape index (κ2) is 6.11. The number of carbonyl (C=O) groups excluding carboxylic acids is 1. The van der Waals surface area contributed by atoms with Crippen molar-refractivity contribution in [2.24, 2.45) is 0 Å². The van der Waals surface area contributed by atoms with Gasteiger partial charge in [0.1, 0.15) is 6.10 Å². The van der Waals surface area contributed by atoms with Gasteiger partial charge in [0.2, 0.25) is 0 Å². The highest BCUT2D eigenvalue weighted by atomic mass is 16.5. The van der Waals surface area contributed by atoms with E-state index in [2.05, 4.69) is 24.3 Å². The van der Waals surface area contributed by atoms with E-state index in [0.29, 0.717) is 25.6 Å². The highest BCUT2D eigenvalue weighted by Crippen LogP contribution is 2.10. The molecule has 0 aliphatic carbocycles. The van der Waals surface area contributed by atoms with E-state index < -0.39 is 0 Å². The number of rotatable bonds is 5. The van der Waals surface area contributed by atoms with Crippen molar-refractivity contribution in [2.75, 3.05) is 19.7 Å². The molecule has 2 unspecified atom stereocenters. The summed E-state index contributed by atoms with van der Waals surface area (Å²) in [4.78, 5) is 12.0. The lowest BCUT2D eigenvalue weighted by molar-refractivity contribution is -0.131. The van der Waals surface area contributed by atoms with E-state index in [1.165, 1.54) is 0 Å². The summed E-state index contributed by atoms with van der Waals surface area (Å²) < 4.78 is 7.36. The monoisotopic (exact) mass is 251 g/mol. The Hall–Kier alpha value is -1.20. The van der Waals surface area contributed by atoms with Crippen LogP contribution in [0.3, 0.4) is 0 Å². The second-order valence-corrected chi connectivity index (χ2v) is 4.75. The summed E-state index contributed by atoms with van der Waals surface area (Å²) in [7, 11) is 0. The Balaban J connectivity index is 1.92. The molecule has 2 heterocycles. The number of aromatic nitrogens is 2. The van der Waals surface area contributed by atoms with Crippen LogP contribution in [0.2, 0.25) is 0 Å². The zero-order valence-electron chi connectivity index (χ0n) is 11.1. The van der Waals surface area contributed by atoms with Gasteiger partial charge in [-0.3, -0.25) is 9.48 Å². The van der Waals surface area contributed by atoms with Gasteiger partial charge in [0, 0.05) is 25.3 Å². The summed E-state index contributed by atoms with van der Waals surface area (Å²) in [5.74, 6) is 0.108. The smallest absolute Gasteiger partial charge is 0.168 e. The predicted octanol–water partition coefficient (Wildman–Crippen LogP) is 0.954. The third-order valence-corrected chi connectivity index (χ3v) is 3.35. The van der Waals surface area contributed by atoms with E-state index in [1.54, 1.807) is 0 Å². The summed E-state index contributed by atoms with van der Waals surface area (Å²) in [5, 5.41) is 7.60. The largest absolute Gasteiger partial charge is 0.368 e. The number of nitrogens with one attached hydrogen (secondary N) is 1. The number of ether oxygens (including phenoxy) is 1. The second-order valence-electron chi connectivity index (χ2n) is 4.75. The van der Waals surface area contributed by atoms with E-state index in [4.69, 9.17) is 4.74 Å². The van der Waals surface area contributed by atoms with Crippen LogP contribution in [0, 0.1) is 0 Å². The van der Waals surface area contributed by atoms with Crippen molar-refractivity contribution in [3.8, 4) is 0 Å². The summed E-state index contributed by atoms with van der Waals surface area (Å²) in [6.07, 6.45) is 3.02. The molecular weight excluding hydrogens is 230 g/mol. The number of hydrogen-bond acceptors (Lipinski definition) is 4. The molecule has 2 atom stereocenters. The highest BCUT2D eigenvalue weighted by Gasteiger charge is 2.22. The van der Waals surface area contributed by atoms with Gasteiger partial charge in [-0.25, -0.2) is 0 Å². The molecule has 1 aliphatic heterocycles. The molecule has 0 spiro atoms. The summed E-state index contributed by atoms with van der Waals surface area (Å²) in [5.41, 5.74) is 0.828. The number of morpholine rings is 1. The van der Waals surface area contributed by atoms with Gasteiger partial charge in [0.15, 0.2) is 5.78 Å². The number of ketones is 1. The van der Waals surface area contributed by atoms with Crippen LogP contribution >= 0.6 is 0 Å². The van der Waals surface area contributed by atoms with Crippen LogP contribution < -0.4 is 5.32 Å². The van der Waals surface area contributed by atoms with E-state index in [-0.39, 0.29) is 11.9 Å². The molecule has 1 N–H and O–H groups in total. The molecule has 1 aliphatic rings. The van der Waals surface area contributed by atoms with Gasteiger partial charge < -0.3 is 10.1 Å². The Labute approximate surface area is 108 Å². The maximum atomic E-state index is 12.0. The van der Waals surface area contributed by atoms with Crippen molar-refractivity contribution >= 4 is 5.78 Å². The van der Waals surface area contributed by atoms with Gasteiger partial charge in [-0.2, -0.15) is 5.10 Å². The van der Waals surface area contributed by atoms with Crippen LogP contribution in [0.5, 0.6) is 0 Å². The first-order valence-corrected chi connectivity index (χ1v) is 6.59. The minimum Gasteiger partial charge on any atom is -0.368 e. The normalized spacial score (nSPS) is 21.8. The van der Waals surface area contributed by atoms with Gasteiger partial charge in [0.05, 0.1) is 18.7 Å². The van der Waals surface area contributed by atoms with Crippen LogP contribution in [0.25, 0.3) is 0 Å². The van der Waals surface area contributed by atoms with Crippen LogP contribution in [0.15, 0.2) is 12.3 Å². The molecule has 1 aromatic heterocycles. The molecule has 100 valence electrons. The predicted molar refractivity (Wildman–Crippen MR) is 68.5 cm³/mol. The number of Topliss-reactive ketones (excluding diaryl/α,β-unsaturated/α-hetero) is 1. The van der Waals surface area contributed by atoms with E-state index in [9.17, 15) is 4.79 Å². The molecule has 0 amide bonds. The average molecular weight is 251 g/mol. The SMILES string of the molecule is CCC(C)n1ccc(CC(=O)C2CNCCO2)n1. The molecule has 5 heteroatoms. The third-order valence-electron chi connectivity index (χ3n) is 3.35. The van der Waals surface area contributed by atoms with Crippen molar-refractivity contribution in [3.63, 3.8) is 0 Å². The Morgan fingerprint density at radius 2 is 2.56 bits per heavy atom. The van der Waals surface area contributed by atoms with Crippen molar-refractivity contribution in [1.29, 1.82) is 0 Å². The fraction of sp³-hybridized carbons (Fsp3) is 0.692. The molecule has 1 saturated heterocycles. The average Bonchev–Trinajstić information content (AvgIpc) is 2.87. The minimum atomic E-state index is -0.313. The summed E-state index contributed by atoms with van der Waals surface area (Å²) in [6.45, 7) is 6.29.